The average molecular weight is 465 g/mol. The van der Waals surface area contributed by atoms with Crippen molar-refractivity contribution < 1.29 is 29.0 Å². The van der Waals surface area contributed by atoms with Crippen molar-refractivity contribution in [2.45, 2.75) is 99.4 Å². The summed E-state index contributed by atoms with van der Waals surface area (Å²) < 4.78 is 10.9. The van der Waals surface area contributed by atoms with Gasteiger partial charge in [0.15, 0.2) is 0 Å². The van der Waals surface area contributed by atoms with E-state index in [2.05, 4.69) is 10.3 Å². The maximum atomic E-state index is 13.2. The second-order valence-electron chi connectivity index (χ2n) is 11.6. The van der Waals surface area contributed by atoms with E-state index in [0.29, 0.717) is 5.69 Å². The zero-order chi connectivity index (χ0) is 26.0. The van der Waals surface area contributed by atoms with E-state index >= 15 is 0 Å². The Kier molecular flexibility index (Phi) is 8.47. The van der Waals surface area contributed by atoms with Crippen molar-refractivity contribution in [3.8, 4) is 0 Å². The lowest BCUT2D eigenvalue weighted by Gasteiger charge is -2.34. The third-order valence-corrected chi connectivity index (χ3v) is 4.60. The van der Waals surface area contributed by atoms with Gasteiger partial charge in [0.25, 0.3) is 0 Å². The first-order chi connectivity index (χ1) is 14.6. The van der Waals surface area contributed by atoms with Crippen LogP contribution in [0.5, 0.6) is 0 Å². The number of aryl methyl sites for hydroxylation is 1. The van der Waals surface area contributed by atoms with E-state index < -0.39 is 46.5 Å². The molecular formula is C25H40N2O6. The topological polar surface area (TPSA) is 115 Å². The van der Waals surface area contributed by atoms with Gasteiger partial charge in [-0.2, -0.15) is 0 Å². The summed E-state index contributed by atoms with van der Waals surface area (Å²) in [6, 6.07) is 3.31. The van der Waals surface area contributed by atoms with Crippen LogP contribution in [0, 0.1) is 18.3 Å². The van der Waals surface area contributed by atoms with Gasteiger partial charge in [0.1, 0.15) is 22.7 Å². The first-order valence-corrected chi connectivity index (χ1v) is 11.1. The van der Waals surface area contributed by atoms with Gasteiger partial charge >= 0.3 is 11.9 Å². The molecule has 1 heterocycles. The molecule has 0 aliphatic heterocycles. The predicted molar refractivity (Wildman–Crippen MR) is 126 cm³/mol. The van der Waals surface area contributed by atoms with E-state index in [1.807, 2.05) is 0 Å². The van der Waals surface area contributed by atoms with Crippen molar-refractivity contribution >= 4 is 23.5 Å². The van der Waals surface area contributed by atoms with Crippen molar-refractivity contribution in [2.24, 2.45) is 11.3 Å². The number of nitrogens with one attached hydrogen (secondary N) is 1. The summed E-state index contributed by atoms with van der Waals surface area (Å²) in [6.45, 7) is 18.6. The number of rotatable bonds is 6. The number of ether oxygens (including phenoxy) is 2. The number of nitrogens with zero attached hydrogens (tertiary/aromatic N) is 1. The van der Waals surface area contributed by atoms with E-state index in [1.165, 1.54) is 6.92 Å². The number of hydrogen-bond donors (Lipinski definition) is 2. The molecule has 8 nitrogen and oxygen atoms in total. The molecule has 8 heteroatoms. The lowest BCUT2D eigenvalue weighted by atomic mass is 9.82. The Morgan fingerprint density at radius 1 is 0.939 bits per heavy atom. The standard InChI is InChI=1S/C25H40N2O6/c1-15-12-13-17(27-21(30)22(2,3)4)19(26-15)25(11,31)16(20(29)33-24(8,9)10)14-18(28)32-23(5,6)7/h12-13,16,31H,14H2,1-11H3,(H,27,30). The largest absolute Gasteiger partial charge is 0.460 e. The smallest absolute Gasteiger partial charge is 0.313 e. The predicted octanol–water partition coefficient (Wildman–Crippen LogP) is 4.27. The number of aromatic nitrogens is 1. The van der Waals surface area contributed by atoms with Crippen molar-refractivity contribution in [3.05, 3.63) is 23.5 Å². The molecule has 0 aliphatic rings. The highest BCUT2D eigenvalue weighted by molar-refractivity contribution is 5.95. The molecule has 0 spiro atoms. The van der Waals surface area contributed by atoms with Crippen LogP contribution in [0.15, 0.2) is 12.1 Å². The molecule has 2 N–H and O–H groups in total. The maximum absolute atomic E-state index is 13.2. The summed E-state index contributed by atoms with van der Waals surface area (Å²) in [4.78, 5) is 42.9. The van der Waals surface area contributed by atoms with Crippen LogP contribution in [-0.4, -0.2) is 39.1 Å². The normalized spacial score (nSPS) is 15.3. The van der Waals surface area contributed by atoms with Crippen LogP contribution in [0.4, 0.5) is 5.69 Å². The molecule has 0 fully saturated rings. The highest BCUT2D eigenvalue weighted by atomic mass is 16.6. The minimum Gasteiger partial charge on any atom is -0.460 e. The Morgan fingerprint density at radius 3 is 1.91 bits per heavy atom. The van der Waals surface area contributed by atoms with Crippen LogP contribution in [0.3, 0.4) is 0 Å². The molecule has 1 aromatic heterocycles. The first kappa shape index (κ1) is 28.6. The Labute approximate surface area is 197 Å². The van der Waals surface area contributed by atoms with Gasteiger partial charge in [-0.3, -0.25) is 19.4 Å². The fraction of sp³-hybridized carbons (Fsp3) is 0.680. The Bertz CT molecular complexity index is 886. The quantitative estimate of drug-likeness (QED) is 0.604. The Balaban J connectivity index is 3.53. The van der Waals surface area contributed by atoms with Crippen molar-refractivity contribution in [3.63, 3.8) is 0 Å². The average Bonchev–Trinajstić information content (AvgIpc) is 2.57. The van der Waals surface area contributed by atoms with E-state index in [4.69, 9.17) is 9.47 Å². The van der Waals surface area contributed by atoms with Gasteiger partial charge in [0.05, 0.1) is 17.8 Å². The van der Waals surface area contributed by atoms with Crippen LogP contribution < -0.4 is 5.32 Å². The summed E-state index contributed by atoms with van der Waals surface area (Å²) in [5.74, 6) is -3.04. The summed E-state index contributed by atoms with van der Waals surface area (Å²) in [5, 5.41) is 14.4. The minimum atomic E-state index is -1.95. The third kappa shape index (κ3) is 8.76. The molecule has 0 radical (unpaired) electrons. The van der Waals surface area contributed by atoms with Crippen molar-refractivity contribution in [1.29, 1.82) is 0 Å². The fourth-order valence-electron chi connectivity index (χ4n) is 2.95. The van der Waals surface area contributed by atoms with Crippen LogP contribution >= 0.6 is 0 Å². The maximum Gasteiger partial charge on any atom is 0.313 e. The minimum absolute atomic E-state index is 0.0690. The third-order valence-electron chi connectivity index (χ3n) is 4.60. The van der Waals surface area contributed by atoms with Crippen LogP contribution in [0.1, 0.15) is 87.0 Å². The molecular weight excluding hydrogens is 424 g/mol. The van der Waals surface area contributed by atoms with Gasteiger partial charge in [-0.05, 0) is 67.5 Å². The molecule has 186 valence electrons. The SMILES string of the molecule is Cc1ccc(NC(=O)C(C)(C)C)c(C(C)(O)C(CC(=O)OC(C)(C)C)C(=O)OC(C)(C)C)n1. The van der Waals surface area contributed by atoms with E-state index in [-0.39, 0.29) is 17.3 Å². The molecule has 0 bridgehead atoms. The number of anilines is 1. The van der Waals surface area contributed by atoms with Crippen molar-refractivity contribution in [1.82, 2.24) is 4.98 Å². The molecule has 0 aliphatic carbocycles. The second-order valence-corrected chi connectivity index (χ2v) is 11.6. The highest BCUT2D eigenvalue weighted by Crippen LogP contribution is 2.37. The van der Waals surface area contributed by atoms with E-state index in [9.17, 15) is 19.5 Å². The van der Waals surface area contributed by atoms with Gasteiger partial charge in [-0.15, -0.1) is 0 Å². The van der Waals surface area contributed by atoms with Gasteiger partial charge in [-0.1, -0.05) is 20.8 Å². The zero-order valence-corrected chi connectivity index (χ0v) is 21.9. The lowest BCUT2D eigenvalue weighted by Crippen LogP contribution is -2.44. The Hall–Kier alpha value is -2.48. The number of amides is 1. The lowest BCUT2D eigenvalue weighted by molar-refractivity contribution is -0.177. The van der Waals surface area contributed by atoms with Gasteiger partial charge in [0.2, 0.25) is 5.91 Å². The fourth-order valence-corrected chi connectivity index (χ4v) is 2.95. The van der Waals surface area contributed by atoms with Crippen molar-refractivity contribution in [2.75, 3.05) is 5.32 Å². The summed E-state index contributed by atoms with van der Waals surface area (Å²) in [7, 11) is 0. The van der Waals surface area contributed by atoms with Gasteiger partial charge in [0, 0.05) is 11.1 Å². The van der Waals surface area contributed by atoms with Gasteiger partial charge in [-0.25, -0.2) is 0 Å². The molecule has 1 amide bonds. The monoisotopic (exact) mass is 464 g/mol. The summed E-state index contributed by atoms with van der Waals surface area (Å²) in [6.07, 6.45) is -0.429. The second kappa shape index (κ2) is 9.79. The number of carbonyl (C=O) groups excluding carboxylic acids is 3. The van der Waals surface area contributed by atoms with Crippen LogP contribution in [0.2, 0.25) is 0 Å². The highest BCUT2D eigenvalue weighted by Gasteiger charge is 2.46. The number of aliphatic hydroxyl groups is 1. The molecule has 2 atom stereocenters. The van der Waals surface area contributed by atoms with Gasteiger partial charge < -0.3 is 19.9 Å². The first-order valence-electron chi connectivity index (χ1n) is 11.1. The molecule has 2 unspecified atom stereocenters. The number of esters is 2. The number of carbonyl (C=O) groups is 3. The summed E-state index contributed by atoms with van der Waals surface area (Å²) in [5.41, 5.74) is -3.37. The Morgan fingerprint density at radius 2 is 1.45 bits per heavy atom. The zero-order valence-electron chi connectivity index (χ0n) is 21.9. The van der Waals surface area contributed by atoms with E-state index in [0.717, 1.165) is 0 Å². The van der Waals surface area contributed by atoms with Crippen LogP contribution in [0.25, 0.3) is 0 Å². The molecule has 0 saturated heterocycles. The number of pyridine rings is 1. The molecule has 33 heavy (non-hydrogen) atoms. The molecule has 0 aromatic carbocycles. The van der Waals surface area contributed by atoms with E-state index in [1.54, 1.807) is 81.4 Å². The number of hydrogen-bond acceptors (Lipinski definition) is 7. The summed E-state index contributed by atoms with van der Waals surface area (Å²) >= 11 is 0. The molecule has 0 saturated carbocycles. The molecule has 1 aromatic rings. The van der Waals surface area contributed by atoms with Crippen LogP contribution in [-0.2, 0) is 29.5 Å². The molecule has 1 rings (SSSR count).